The van der Waals surface area contributed by atoms with Crippen LogP contribution in [0.1, 0.15) is 54.1 Å². The minimum Gasteiger partial charge on any atom is -0.464 e. The van der Waals surface area contributed by atoms with Gasteiger partial charge in [0.2, 0.25) is 0 Å². The van der Waals surface area contributed by atoms with E-state index in [-0.39, 0.29) is 5.91 Å². The molecule has 4 rings (SSSR count). The van der Waals surface area contributed by atoms with Gasteiger partial charge >= 0.3 is 0 Å². The van der Waals surface area contributed by atoms with Crippen LogP contribution in [0, 0.1) is 5.92 Å². The highest BCUT2D eigenvalue weighted by molar-refractivity contribution is 5.92. The van der Waals surface area contributed by atoms with Crippen LogP contribution in [-0.4, -0.2) is 26.4 Å². The third-order valence-corrected chi connectivity index (χ3v) is 4.66. The molecule has 2 aromatic rings. The minimum absolute atomic E-state index is 0.000778. The summed E-state index contributed by atoms with van der Waals surface area (Å²) in [5, 5.41) is 0. The molecule has 2 unspecified atom stereocenters. The molecule has 2 heterocycles. The van der Waals surface area contributed by atoms with Gasteiger partial charge in [-0.3, -0.25) is 4.79 Å². The molecule has 0 spiro atoms. The van der Waals surface area contributed by atoms with Crippen LogP contribution in [0.2, 0.25) is 0 Å². The highest BCUT2D eigenvalue weighted by atomic mass is 16.3. The van der Waals surface area contributed by atoms with Crippen molar-refractivity contribution in [2.45, 2.75) is 44.7 Å². The van der Waals surface area contributed by atoms with Crippen molar-refractivity contribution in [1.82, 2.24) is 14.5 Å². The number of amides is 1. The summed E-state index contributed by atoms with van der Waals surface area (Å²) in [5.41, 5.74) is 0.511. The third kappa shape index (κ3) is 2.56. The predicted molar refractivity (Wildman–Crippen MR) is 81.3 cm³/mol. The lowest BCUT2D eigenvalue weighted by Crippen LogP contribution is -2.32. The molecule has 22 heavy (non-hydrogen) atoms. The number of aromatic nitrogens is 2. The van der Waals surface area contributed by atoms with Crippen LogP contribution in [0.3, 0.4) is 0 Å². The Kier molecular flexibility index (Phi) is 3.10. The first kappa shape index (κ1) is 13.6. The number of nitrogens with zero attached hydrogens (tertiary/aromatic N) is 3. The molecule has 0 aliphatic heterocycles. The molecule has 5 nitrogen and oxygen atoms in total. The third-order valence-electron chi connectivity index (χ3n) is 4.66. The van der Waals surface area contributed by atoms with Crippen molar-refractivity contribution in [3.05, 3.63) is 41.9 Å². The summed E-state index contributed by atoms with van der Waals surface area (Å²) >= 11 is 0. The molecule has 0 bridgehead atoms. The lowest BCUT2D eigenvalue weighted by atomic mass is 10.3. The zero-order valence-electron chi connectivity index (χ0n) is 13.0. The number of furan rings is 1. The molecular formula is C17H21N3O2. The molecule has 1 amide bonds. The Labute approximate surface area is 129 Å². The molecule has 2 atom stereocenters. The lowest BCUT2D eigenvalue weighted by Gasteiger charge is -2.20. The van der Waals surface area contributed by atoms with E-state index in [1.54, 1.807) is 17.1 Å². The normalized spacial score (nSPS) is 23.5. The van der Waals surface area contributed by atoms with Crippen LogP contribution >= 0.6 is 0 Å². The van der Waals surface area contributed by atoms with Crippen molar-refractivity contribution in [1.29, 1.82) is 0 Å². The maximum atomic E-state index is 12.7. The van der Waals surface area contributed by atoms with Gasteiger partial charge in [0.25, 0.3) is 5.91 Å². The molecule has 0 saturated heterocycles. The van der Waals surface area contributed by atoms with Crippen LogP contribution in [0.25, 0.3) is 0 Å². The fourth-order valence-corrected chi connectivity index (χ4v) is 2.99. The maximum absolute atomic E-state index is 12.7. The molecule has 2 fully saturated rings. The van der Waals surface area contributed by atoms with Crippen molar-refractivity contribution >= 4 is 5.91 Å². The van der Waals surface area contributed by atoms with Gasteiger partial charge < -0.3 is 13.9 Å². The molecule has 0 aromatic carbocycles. The van der Waals surface area contributed by atoms with Gasteiger partial charge in [0.15, 0.2) is 0 Å². The Morgan fingerprint density at radius 2 is 2.23 bits per heavy atom. The van der Waals surface area contributed by atoms with Crippen LogP contribution in [0.15, 0.2) is 29.1 Å². The Hall–Kier alpha value is -2.04. The van der Waals surface area contributed by atoms with Crippen molar-refractivity contribution in [3.63, 3.8) is 0 Å². The van der Waals surface area contributed by atoms with Crippen LogP contribution in [-0.2, 0) is 13.6 Å². The first-order valence-corrected chi connectivity index (χ1v) is 7.99. The van der Waals surface area contributed by atoms with Gasteiger partial charge in [-0.15, -0.1) is 0 Å². The average Bonchev–Trinajstić information content (AvgIpc) is 3.37. The highest BCUT2D eigenvalue weighted by Crippen LogP contribution is 2.47. The van der Waals surface area contributed by atoms with E-state index in [1.807, 2.05) is 18.0 Å². The first-order valence-electron chi connectivity index (χ1n) is 7.99. The fourth-order valence-electron chi connectivity index (χ4n) is 2.99. The van der Waals surface area contributed by atoms with Crippen molar-refractivity contribution in [2.24, 2.45) is 13.0 Å². The number of carbonyl (C=O) groups is 1. The molecule has 2 aromatic heterocycles. The molecule has 2 aliphatic carbocycles. The van der Waals surface area contributed by atoms with E-state index in [4.69, 9.17) is 4.42 Å². The summed E-state index contributed by atoms with van der Waals surface area (Å²) in [5.74, 6) is 3.26. The highest BCUT2D eigenvalue weighted by Gasteiger charge is 2.38. The number of hydrogen-bond donors (Lipinski definition) is 0. The van der Waals surface area contributed by atoms with Gasteiger partial charge in [0.1, 0.15) is 17.2 Å². The Bertz CT molecular complexity index is 698. The van der Waals surface area contributed by atoms with Gasteiger partial charge in [-0.2, -0.15) is 0 Å². The Morgan fingerprint density at radius 3 is 2.82 bits per heavy atom. The zero-order chi connectivity index (χ0) is 15.3. The smallest absolute Gasteiger partial charge is 0.274 e. The van der Waals surface area contributed by atoms with Gasteiger partial charge in [-0.25, -0.2) is 4.98 Å². The fraction of sp³-hybridized carbons (Fsp3) is 0.529. The second-order valence-electron chi connectivity index (χ2n) is 6.71. The van der Waals surface area contributed by atoms with Crippen molar-refractivity contribution in [2.75, 3.05) is 0 Å². The lowest BCUT2D eigenvalue weighted by molar-refractivity contribution is 0.0711. The van der Waals surface area contributed by atoms with E-state index in [0.717, 1.165) is 30.3 Å². The molecule has 5 heteroatoms. The minimum atomic E-state index is 0.000778. The van der Waals surface area contributed by atoms with Crippen LogP contribution < -0.4 is 0 Å². The predicted octanol–water partition coefficient (Wildman–Crippen LogP) is 2.94. The molecule has 0 radical (unpaired) electrons. The molecule has 116 valence electrons. The zero-order valence-corrected chi connectivity index (χ0v) is 13.0. The standard InChI is InChI=1S/C17H21N3O2/c1-11-7-14(11)16-6-5-13(22-16)8-20(12-3-4-12)17(21)15-9-19(2)10-18-15/h5-6,9-12,14H,3-4,7-8H2,1-2H3. The van der Waals surface area contributed by atoms with E-state index < -0.39 is 0 Å². The van der Waals surface area contributed by atoms with Gasteiger partial charge in [0.05, 0.1) is 12.9 Å². The van der Waals surface area contributed by atoms with E-state index >= 15 is 0 Å². The molecular weight excluding hydrogens is 278 g/mol. The molecule has 2 aliphatic rings. The van der Waals surface area contributed by atoms with E-state index in [0.29, 0.717) is 24.2 Å². The van der Waals surface area contributed by atoms with Crippen LogP contribution in [0.5, 0.6) is 0 Å². The second kappa shape index (κ2) is 5.00. The summed E-state index contributed by atoms with van der Waals surface area (Å²) in [6.45, 7) is 2.79. The molecule has 0 N–H and O–H groups in total. The van der Waals surface area contributed by atoms with Crippen molar-refractivity contribution in [3.8, 4) is 0 Å². The monoisotopic (exact) mass is 299 g/mol. The van der Waals surface area contributed by atoms with E-state index in [2.05, 4.69) is 18.0 Å². The van der Waals surface area contributed by atoms with E-state index in [9.17, 15) is 4.79 Å². The largest absolute Gasteiger partial charge is 0.464 e. The molecule has 2 saturated carbocycles. The second-order valence-corrected chi connectivity index (χ2v) is 6.71. The summed E-state index contributed by atoms with van der Waals surface area (Å²) in [4.78, 5) is 18.7. The average molecular weight is 299 g/mol. The first-order chi connectivity index (χ1) is 10.6. The quantitative estimate of drug-likeness (QED) is 0.853. The van der Waals surface area contributed by atoms with E-state index in [1.165, 1.54) is 6.42 Å². The Balaban J connectivity index is 1.50. The van der Waals surface area contributed by atoms with Crippen LogP contribution in [0.4, 0.5) is 0 Å². The number of aryl methyl sites for hydroxylation is 1. The summed E-state index contributed by atoms with van der Waals surface area (Å²) in [6, 6.07) is 4.42. The number of rotatable bonds is 5. The SMILES string of the molecule is CC1CC1c1ccc(CN(C(=O)c2cn(C)cn2)C2CC2)o1. The topological polar surface area (TPSA) is 51.3 Å². The van der Waals surface area contributed by atoms with Gasteiger partial charge in [0, 0.05) is 25.2 Å². The number of hydrogen-bond acceptors (Lipinski definition) is 3. The maximum Gasteiger partial charge on any atom is 0.274 e. The summed E-state index contributed by atoms with van der Waals surface area (Å²) in [7, 11) is 1.88. The van der Waals surface area contributed by atoms with Gasteiger partial charge in [-0.05, 0) is 37.3 Å². The number of carbonyl (C=O) groups excluding carboxylic acids is 1. The summed E-state index contributed by atoms with van der Waals surface area (Å²) < 4.78 is 7.76. The number of imidazole rings is 1. The Morgan fingerprint density at radius 1 is 1.45 bits per heavy atom. The van der Waals surface area contributed by atoms with Crippen molar-refractivity contribution < 1.29 is 9.21 Å². The van der Waals surface area contributed by atoms with Gasteiger partial charge in [-0.1, -0.05) is 6.92 Å². The summed E-state index contributed by atoms with van der Waals surface area (Å²) in [6.07, 6.45) is 6.80.